The zero-order valence-corrected chi connectivity index (χ0v) is 11.9. The van der Waals surface area contributed by atoms with E-state index >= 15 is 0 Å². The van der Waals surface area contributed by atoms with E-state index in [9.17, 15) is 9.18 Å². The molecule has 0 spiro atoms. The highest BCUT2D eigenvalue weighted by atomic mass is 79.9. The van der Waals surface area contributed by atoms with E-state index in [1.54, 1.807) is 24.3 Å². The first-order chi connectivity index (χ1) is 9.58. The van der Waals surface area contributed by atoms with Crippen LogP contribution in [0.2, 0.25) is 0 Å². The Morgan fingerprint density at radius 2 is 1.85 bits per heavy atom. The summed E-state index contributed by atoms with van der Waals surface area (Å²) in [7, 11) is 0. The van der Waals surface area contributed by atoms with Crippen LogP contribution in [0.25, 0.3) is 0 Å². The highest BCUT2D eigenvalue weighted by molar-refractivity contribution is 9.10. The number of carbonyl (C=O) groups excluding carboxylic acids is 1. The summed E-state index contributed by atoms with van der Waals surface area (Å²) >= 11 is 3.29. The smallest absolute Gasteiger partial charge is 0.323 e. The van der Waals surface area contributed by atoms with Gasteiger partial charge in [-0.1, -0.05) is 22.0 Å². The third-order valence-electron chi connectivity index (χ3n) is 2.56. The normalized spacial score (nSPS) is 10.2. The Kier molecular flexibility index (Phi) is 4.70. The predicted octanol–water partition coefficient (Wildman–Crippen LogP) is 3.72. The first-order valence-corrected chi connectivity index (χ1v) is 6.60. The van der Waals surface area contributed by atoms with Crippen molar-refractivity contribution >= 4 is 33.3 Å². The average molecular weight is 339 g/mol. The fourth-order valence-electron chi connectivity index (χ4n) is 1.58. The molecule has 4 nitrogen and oxygen atoms in total. The lowest BCUT2D eigenvalue weighted by Gasteiger charge is -2.09. The quantitative estimate of drug-likeness (QED) is 0.798. The van der Waals surface area contributed by atoms with Crippen molar-refractivity contribution in [3.8, 4) is 0 Å². The largest absolute Gasteiger partial charge is 0.392 e. The number of carbonyl (C=O) groups is 1. The Morgan fingerprint density at radius 3 is 2.50 bits per heavy atom. The summed E-state index contributed by atoms with van der Waals surface area (Å²) in [4.78, 5) is 11.8. The molecule has 0 fully saturated rings. The lowest BCUT2D eigenvalue weighted by atomic mass is 10.2. The van der Waals surface area contributed by atoms with Crippen molar-refractivity contribution in [2.24, 2.45) is 0 Å². The molecular weight excluding hydrogens is 327 g/mol. The molecular formula is C14H12BrFN2O2. The van der Waals surface area contributed by atoms with Gasteiger partial charge in [0.1, 0.15) is 5.82 Å². The van der Waals surface area contributed by atoms with Crippen LogP contribution in [-0.4, -0.2) is 11.1 Å². The van der Waals surface area contributed by atoms with E-state index in [1.165, 1.54) is 18.2 Å². The molecule has 2 amide bonds. The second-order valence-electron chi connectivity index (χ2n) is 4.06. The zero-order chi connectivity index (χ0) is 14.5. The van der Waals surface area contributed by atoms with Crippen LogP contribution in [-0.2, 0) is 6.61 Å². The molecule has 0 aliphatic heterocycles. The minimum absolute atomic E-state index is 0.0196. The maximum Gasteiger partial charge on any atom is 0.323 e. The van der Waals surface area contributed by atoms with Gasteiger partial charge in [-0.2, -0.15) is 0 Å². The number of hydrogen-bond donors (Lipinski definition) is 3. The molecule has 0 unspecified atom stereocenters. The number of anilines is 2. The van der Waals surface area contributed by atoms with Crippen LogP contribution in [0, 0.1) is 5.82 Å². The zero-order valence-electron chi connectivity index (χ0n) is 10.4. The Hall–Kier alpha value is -1.92. The molecule has 2 aromatic rings. The molecule has 104 valence electrons. The molecule has 0 bridgehead atoms. The summed E-state index contributed by atoms with van der Waals surface area (Å²) in [6.45, 7) is -0.219. The van der Waals surface area contributed by atoms with E-state index in [-0.39, 0.29) is 12.3 Å². The van der Waals surface area contributed by atoms with E-state index in [0.717, 1.165) is 4.47 Å². The van der Waals surface area contributed by atoms with Crippen LogP contribution < -0.4 is 10.6 Å². The van der Waals surface area contributed by atoms with Crippen molar-refractivity contribution < 1.29 is 14.3 Å². The minimum atomic E-state index is -0.562. The molecule has 0 atom stereocenters. The highest BCUT2D eigenvalue weighted by Gasteiger charge is 2.08. The molecule has 0 aliphatic rings. The van der Waals surface area contributed by atoms with E-state index in [1.807, 2.05) is 0 Å². The maximum absolute atomic E-state index is 13.5. The van der Waals surface area contributed by atoms with Gasteiger partial charge in [0.25, 0.3) is 0 Å². The molecule has 3 N–H and O–H groups in total. The summed E-state index contributed by atoms with van der Waals surface area (Å²) in [5, 5.41) is 14.0. The maximum atomic E-state index is 13.5. The topological polar surface area (TPSA) is 61.4 Å². The molecule has 20 heavy (non-hydrogen) atoms. The van der Waals surface area contributed by atoms with Crippen LogP contribution in [0.15, 0.2) is 46.9 Å². The molecule has 0 heterocycles. The number of amides is 2. The number of aliphatic hydroxyl groups is 1. The van der Waals surface area contributed by atoms with Crippen molar-refractivity contribution in [2.75, 3.05) is 10.6 Å². The van der Waals surface area contributed by atoms with Gasteiger partial charge >= 0.3 is 6.03 Å². The van der Waals surface area contributed by atoms with Gasteiger partial charge in [-0.05, 0) is 42.0 Å². The van der Waals surface area contributed by atoms with Gasteiger partial charge in [-0.3, -0.25) is 0 Å². The fourth-order valence-corrected chi connectivity index (χ4v) is 1.85. The lowest BCUT2D eigenvalue weighted by molar-refractivity contribution is 0.262. The van der Waals surface area contributed by atoms with Crippen molar-refractivity contribution in [1.82, 2.24) is 0 Å². The molecule has 2 rings (SSSR count). The molecule has 0 saturated heterocycles. The fraction of sp³-hybridized carbons (Fsp3) is 0.0714. The van der Waals surface area contributed by atoms with Gasteiger partial charge in [0, 0.05) is 10.2 Å². The molecule has 0 aromatic heterocycles. The van der Waals surface area contributed by atoms with Gasteiger partial charge in [0.15, 0.2) is 0 Å². The summed E-state index contributed by atoms with van der Waals surface area (Å²) in [5.74, 6) is -0.562. The first-order valence-electron chi connectivity index (χ1n) is 5.81. The van der Waals surface area contributed by atoms with E-state index in [0.29, 0.717) is 11.3 Å². The number of halogens is 2. The number of hydrogen-bond acceptors (Lipinski definition) is 2. The number of benzene rings is 2. The van der Waals surface area contributed by atoms with E-state index < -0.39 is 11.8 Å². The Bertz CT molecular complexity index is 617. The third-order valence-corrected chi connectivity index (χ3v) is 3.09. The Morgan fingerprint density at radius 1 is 1.15 bits per heavy atom. The van der Waals surface area contributed by atoms with Gasteiger partial charge in [0.2, 0.25) is 0 Å². The number of rotatable bonds is 3. The first kappa shape index (κ1) is 14.5. The molecule has 0 radical (unpaired) electrons. The van der Waals surface area contributed by atoms with Gasteiger partial charge in [-0.25, -0.2) is 9.18 Å². The van der Waals surface area contributed by atoms with Crippen LogP contribution in [0.4, 0.5) is 20.6 Å². The van der Waals surface area contributed by atoms with E-state index in [2.05, 4.69) is 26.6 Å². The van der Waals surface area contributed by atoms with Crippen LogP contribution in [0.5, 0.6) is 0 Å². The second kappa shape index (κ2) is 6.49. The highest BCUT2D eigenvalue weighted by Crippen LogP contribution is 2.18. The van der Waals surface area contributed by atoms with E-state index in [4.69, 9.17) is 5.11 Å². The lowest BCUT2D eigenvalue weighted by Crippen LogP contribution is -2.20. The minimum Gasteiger partial charge on any atom is -0.392 e. The summed E-state index contributed by atoms with van der Waals surface area (Å²) in [5.41, 5.74) is 1.13. The van der Waals surface area contributed by atoms with Gasteiger partial charge in [0.05, 0.1) is 12.3 Å². The van der Waals surface area contributed by atoms with Crippen molar-refractivity contribution in [1.29, 1.82) is 0 Å². The number of urea groups is 1. The SMILES string of the molecule is O=C(Nc1ccc(Br)cc1)Nc1cc(CO)ccc1F. The van der Waals surface area contributed by atoms with Gasteiger partial charge < -0.3 is 15.7 Å². The van der Waals surface area contributed by atoms with Crippen LogP contribution >= 0.6 is 15.9 Å². The van der Waals surface area contributed by atoms with Crippen molar-refractivity contribution in [3.63, 3.8) is 0 Å². The molecule has 6 heteroatoms. The summed E-state index contributed by atoms with van der Waals surface area (Å²) in [6.07, 6.45) is 0. The predicted molar refractivity (Wildman–Crippen MR) is 79.1 cm³/mol. The van der Waals surface area contributed by atoms with Crippen LogP contribution in [0.3, 0.4) is 0 Å². The second-order valence-corrected chi connectivity index (χ2v) is 4.97. The summed E-state index contributed by atoms with van der Waals surface area (Å²) < 4.78 is 14.4. The monoisotopic (exact) mass is 338 g/mol. The third kappa shape index (κ3) is 3.79. The van der Waals surface area contributed by atoms with Crippen molar-refractivity contribution in [2.45, 2.75) is 6.61 Å². The standard InChI is InChI=1S/C14H12BrFN2O2/c15-10-2-4-11(5-3-10)17-14(20)18-13-7-9(8-19)1-6-12(13)16/h1-7,19H,8H2,(H2,17,18,20). The Balaban J connectivity index is 2.06. The van der Waals surface area contributed by atoms with Crippen LogP contribution in [0.1, 0.15) is 5.56 Å². The van der Waals surface area contributed by atoms with Gasteiger partial charge in [-0.15, -0.1) is 0 Å². The number of aliphatic hydroxyl groups excluding tert-OH is 1. The summed E-state index contributed by atoms with van der Waals surface area (Å²) in [6, 6.07) is 10.5. The Labute approximate surface area is 123 Å². The molecule has 2 aromatic carbocycles. The molecule has 0 aliphatic carbocycles. The number of nitrogens with one attached hydrogen (secondary N) is 2. The average Bonchev–Trinajstić information content (AvgIpc) is 2.44. The molecule has 0 saturated carbocycles. The van der Waals surface area contributed by atoms with Crippen molar-refractivity contribution in [3.05, 3.63) is 58.3 Å².